The standard InChI is InChI=1S/C15H14BrF2NO/c1-8-5-15(11(9(2)19)7-13(8)17)20-10-3-4-12(16)14(18)6-10/h3-7,9H,19H2,1-2H3/t9-/m1/s1. The van der Waals surface area contributed by atoms with Gasteiger partial charge in [-0.1, -0.05) is 0 Å². The van der Waals surface area contributed by atoms with Crippen LogP contribution in [0.5, 0.6) is 11.5 Å². The van der Waals surface area contributed by atoms with Crippen LogP contribution in [0.15, 0.2) is 34.8 Å². The molecule has 0 aliphatic carbocycles. The van der Waals surface area contributed by atoms with E-state index in [4.69, 9.17) is 10.5 Å². The Hall–Kier alpha value is -1.46. The zero-order valence-electron chi connectivity index (χ0n) is 11.1. The van der Waals surface area contributed by atoms with E-state index < -0.39 is 5.82 Å². The molecule has 0 bridgehead atoms. The molecule has 5 heteroatoms. The fraction of sp³-hybridized carbons (Fsp3) is 0.200. The molecule has 0 aliphatic heterocycles. The van der Waals surface area contributed by atoms with Crippen molar-refractivity contribution < 1.29 is 13.5 Å². The van der Waals surface area contributed by atoms with Crippen molar-refractivity contribution in [1.29, 1.82) is 0 Å². The monoisotopic (exact) mass is 341 g/mol. The summed E-state index contributed by atoms with van der Waals surface area (Å²) in [6.07, 6.45) is 0. The third-order valence-corrected chi connectivity index (χ3v) is 3.54. The van der Waals surface area contributed by atoms with Crippen LogP contribution in [0.3, 0.4) is 0 Å². The molecule has 2 nitrogen and oxygen atoms in total. The van der Waals surface area contributed by atoms with E-state index in [1.54, 1.807) is 32.0 Å². The second kappa shape index (κ2) is 5.89. The highest BCUT2D eigenvalue weighted by Gasteiger charge is 2.13. The summed E-state index contributed by atoms with van der Waals surface area (Å²) in [7, 11) is 0. The van der Waals surface area contributed by atoms with Crippen LogP contribution in [-0.2, 0) is 0 Å². The Morgan fingerprint density at radius 1 is 1.15 bits per heavy atom. The van der Waals surface area contributed by atoms with Crippen molar-refractivity contribution >= 4 is 15.9 Å². The second-order valence-electron chi connectivity index (χ2n) is 4.61. The Morgan fingerprint density at radius 2 is 1.85 bits per heavy atom. The average molecular weight is 342 g/mol. The Balaban J connectivity index is 2.41. The van der Waals surface area contributed by atoms with Crippen LogP contribution in [0, 0.1) is 18.6 Å². The van der Waals surface area contributed by atoms with Gasteiger partial charge < -0.3 is 10.5 Å². The van der Waals surface area contributed by atoms with Gasteiger partial charge in [0, 0.05) is 17.7 Å². The number of hydrogen-bond acceptors (Lipinski definition) is 2. The zero-order chi connectivity index (χ0) is 14.9. The lowest BCUT2D eigenvalue weighted by atomic mass is 10.1. The third kappa shape index (κ3) is 3.16. The summed E-state index contributed by atoms with van der Waals surface area (Å²) in [5, 5.41) is 0. The third-order valence-electron chi connectivity index (χ3n) is 2.90. The highest BCUT2D eigenvalue weighted by Crippen LogP contribution is 2.32. The first kappa shape index (κ1) is 14.9. The van der Waals surface area contributed by atoms with E-state index in [1.807, 2.05) is 0 Å². The van der Waals surface area contributed by atoms with Gasteiger partial charge in [0.05, 0.1) is 4.47 Å². The normalized spacial score (nSPS) is 12.3. The summed E-state index contributed by atoms with van der Waals surface area (Å²) in [6, 6.07) is 6.95. The van der Waals surface area contributed by atoms with Gasteiger partial charge in [-0.05, 0) is 59.6 Å². The molecule has 0 fully saturated rings. The molecule has 2 N–H and O–H groups in total. The van der Waals surface area contributed by atoms with Crippen molar-refractivity contribution in [3.63, 3.8) is 0 Å². The van der Waals surface area contributed by atoms with E-state index in [0.717, 1.165) is 0 Å². The van der Waals surface area contributed by atoms with Crippen LogP contribution in [0.1, 0.15) is 24.1 Å². The Morgan fingerprint density at radius 3 is 2.45 bits per heavy atom. The van der Waals surface area contributed by atoms with E-state index in [1.165, 1.54) is 12.1 Å². The molecule has 0 saturated carbocycles. The number of nitrogens with two attached hydrogens (primary N) is 1. The van der Waals surface area contributed by atoms with Crippen molar-refractivity contribution in [2.24, 2.45) is 5.73 Å². The first-order chi connectivity index (χ1) is 9.38. The molecule has 0 spiro atoms. The Labute approximate surface area is 124 Å². The van der Waals surface area contributed by atoms with Gasteiger partial charge in [-0.3, -0.25) is 0 Å². The number of hydrogen-bond donors (Lipinski definition) is 1. The molecule has 0 unspecified atom stereocenters. The Bertz CT molecular complexity index is 644. The van der Waals surface area contributed by atoms with Gasteiger partial charge in [0.25, 0.3) is 0 Å². The summed E-state index contributed by atoms with van der Waals surface area (Å²) in [5.74, 6) is -0.00505. The van der Waals surface area contributed by atoms with Gasteiger partial charge in [-0.2, -0.15) is 0 Å². The van der Waals surface area contributed by atoms with Gasteiger partial charge >= 0.3 is 0 Å². The van der Waals surface area contributed by atoms with E-state index in [9.17, 15) is 8.78 Å². The number of ether oxygens (including phenoxy) is 1. The topological polar surface area (TPSA) is 35.2 Å². The summed E-state index contributed by atoms with van der Waals surface area (Å²) in [4.78, 5) is 0. The van der Waals surface area contributed by atoms with E-state index in [2.05, 4.69) is 15.9 Å². The predicted octanol–water partition coefficient (Wildman–Crippen LogP) is 4.85. The molecule has 0 saturated heterocycles. The van der Waals surface area contributed by atoms with Crippen LogP contribution >= 0.6 is 15.9 Å². The molecular formula is C15H14BrF2NO. The van der Waals surface area contributed by atoms with Crippen LogP contribution < -0.4 is 10.5 Å². The number of halogens is 3. The first-order valence-corrected chi connectivity index (χ1v) is 6.86. The van der Waals surface area contributed by atoms with Gasteiger partial charge in [0.2, 0.25) is 0 Å². The molecule has 20 heavy (non-hydrogen) atoms. The van der Waals surface area contributed by atoms with Crippen molar-refractivity contribution in [1.82, 2.24) is 0 Å². The van der Waals surface area contributed by atoms with E-state index >= 15 is 0 Å². The SMILES string of the molecule is Cc1cc(Oc2ccc(Br)c(F)c2)c([C@@H](C)N)cc1F. The minimum absolute atomic E-state index is 0.332. The van der Waals surface area contributed by atoms with E-state index in [-0.39, 0.29) is 11.9 Å². The quantitative estimate of drug-likeness (QED) is 0.866. The van der Waals surface area contributed by atoms with Crippen LogP contribution in [0.25, 0.3) is 0 Å². The van der Waals surface area contributed by atoms with Crippen molar-refractivity contribution in [2.75, 3.05) is 0 Å². The number of aryl methyl sites for hydroxylation is 1. The van der Waals surface area contributed by atoms with Crippen molar-refractivity contribution in [3.8, 4) is 11.5 Å². The Kier molecular flexibility index (Phi) is 4.40. The minimum atomic E-state index is -0.427. The lowest BCUT2D eigenvalue weighted by Crippen LogP contribution is -2.08. The molecule has 0 heterocycles. The van der Waals surface area contributed by atoms with E-state index in [0.29, 0.717) is 27.1 Å². The molecule has 2 rings (SSSR count). The smallest absolute Gasteiger partial charge is 0.141 e. The highest BCUT2D eigenvalue weighted by molar-refractivity contribution is 9.10. The fourth-order valence-electron chi connectivity index (χ4n) is 1.78. The first-order valence-electron chi connectivity index (χ1n) is 6.07. The lowest BCUT2D eigenvalue weighted by Gasteiger charge is -2.15. The van der Waals surface area contributed by atoms with Crippen LogP contribution in [-0.4, -0.2) is 0 Å². The maximum absolute atomic E-state index is 13.6. The van der Waals surface area contributed by atoms with Gasteiger partial charge in [-0.15, -0.1) is 0 Å². The summed E-state index contributed by atoms with van der Waals surface area (Å²) >= 11 is 3.07. The van der Waals surface area contributed by atoms with Gasteiger partial charge in [0.15, 0.2) is 0 Å². The fourth-order valence-corrected chi connectivity index (χ4v) is 2.03. The molecule has 0 aromatic heterocycles. The number of benzene rings is 2. The van der Waals surface area contributed by atoms with Crippen LogP contribution in [0.2, 0.25) is 0 Å². The largest absolute Gasteiger partial charge is 0.457 e. The summed E-state index contributed by atoms with van der Waals surface area (Å²) < 4.78 is 33.1. The van der Waals surface area contributed by atoms with Crippen molar-refractivity contribution in [3.05, 3.63) is 57.6 Å². The molecule has 2 aromatic rings. The maximum Gasteiger partial charge on any atom is 0.141 e. The summed E-state index contributed by atoms with van der Waals surface area (Å²) in [5.41, 5.74) is 6.80. The zero-order valence-corrected chi connectivity index (χ0v) is 12.7. The molecule has 0 amide bonds. The molecule has 106 valence electrons. The van der Waals surface area contributed by atoms with Gasteiger partial charge in [0.1, 0.15) is 23.1 Å². The van der Waals surface area contributed by atoms with Crippen LogP contribution in [0.4, 0.5) is 8.78 Å². The van der Waals surface area contributed by atoms with Gasteiger partial charge in [-0.25, -0.2) is 8.78 Å². The molecule has 0 radical (unpaired) electrons. The summed E-state index contributed by atoms with van der Waals surface area (Å²) in [6.45, 7) is 3.37. The molecular weight excluding hydrogens is 328 g/mol. The van der Waals surface area contributed by atoms with Crippen molar-refractivity contribution in [2.45, 2.75) is 19.9 Å². The molecule has 0 aliphatic rings. The molecule has 1 atom stereocenters. The number of rotatable bonds is 3. The second-order valence-corrected chi connectivity index (χ2v) is 5.46. The maximum atomic E-state index is 13.6. The predicted molar refractivity (Wildman–Crippen MR) is 77.9 cm³/mol. The lowest BCUT2D eigenvalue weighted by molar-refractivity contribution is 0.463. The molecule has 2 aromatic carbocycles. The minimum Gasteiger partial charge on any atom is -0.457 e. The average Bonchev–Trinajstić information content (AvgIpc) is 2.37. The highest BCUT2D eigenvalue weighted by atomic mass is 79.9.